The Morgan fingerprint density at radius 3 is 2.88 bits per heavy atom. The Morgan fingerprint density at radius 2 is 2.15 bits per heavy atom. The van der Waals surface area contributed by atoms with Gasteiger partial charge in [-0.15, -0.1) is 0 Å². The number of benzene rings is 1. The smallest absolute Gasteiger partial charge is 0.271 e. The number of likely N-dealkylation sites (tertiary alicyclic amines) is 1. The molecule has 5 atom stereocenters. The molecular formula is C24H29N5O5. The molecule has 3 aliphatic rings. The molecule has 34 heavy (non-hydrogen) atoms. The first-order valence-electron chi connectivity index (χ1n) is 11.7. The maximum absolute atomic E-state index is 13.4. The van der Waals surface area contributed by atoms with E-state index < -0.39 is 23.9 Å². The molecule has 2 aromatic rings. The predicted molar refractivity (Wildman–Crippen MR) is 123 cm³/mol. The predicted octanol–water partition coefficient (Wildman–Crippen LogP) is 0.523. The van der Waals surface area contributed by atoms with Crippen molar-refractivity contribution in [1.82, 2.24) is 20.5 Å². The number of carbonyl (C=O) groups excluding carboxylic acids is 4. The fraction of sp³-hybridized carbons (Fsp3) is 0.500. The van der Waals surface area contributed by atoms with E-state index in [2.05, 4.69) is 15.6 Å². The minimum absolute atomic E-state index is 0.0642. The minimum Gasteiger partial charge on any atom is -0.496 e. The Kier molecular flexibility index (Phi) is 5.66. The summed E-state index contributed by atoms with van der Waals surface area (Å²) < 4.78 is 5.38. The summed E-state index contributed by atoms with van der Waals surface area (Å²) >= 11 is 0. The van der Waals surface area contributed by atoms with Crippen LogP contribution in [0.1, 0.15) is 36.2 Å². The lowest BCUT2D eigenvalue weighted by Gasteiger charge is -2.29. The summed E-state index contributed by atoms with van der Waals surface area (Å²) in [6.45, 7) is 1.10. The Labute approximate surface area is 196 Å². The van der Waals surface area contributed by atoms with E-state index in [0.29, 0.717) is 31.0 Å². The minimum atomic E-state index is -0.964. The summed E-state index contributed by atoms with van der Waals surface area (Å²) in [5.74, 6) is -0.854. The largest absolute Gasteiger partial charge is 0.496 e. The standard InChI is InChI=1S/C24H29N5O5/c1-34-19-6-2-5-16-15(19)10-18(27-16)24(33)29-11-13-8-14(13)20(29)23(32)28-17(21(25)30)9-12-4-3-7-26-22(12)31/h2,5-6,10,12-14,17,20,27H,3-4,7-9,11H2,1H3,(H2,25,30)(H,26,31)(H,28,32)/t12?,13-,14-,17?,20-/m0/s1. The zero-order valence-corrected chi connectivity index (χ0v) is 19.0. The van der Waals surface area contributed by atoms with Crippen LogP contribution in [-0.2, 0) is 14.4 Å². The van der Waals surface area contributed by atoms with Gasteiger partial charge in [-0.25, -0.2) is 0 Å². The van der Waals surface area contributed by atoms with Crippen molar-refractivity contribution in [1.29, 1.82) is 0 Å². The number of fused-ring (bicyclic) bond motifs is 2. The zero-order chi connectivity index (χ0) is 24.0. The molecule has 3 heterocycles. The third kappa shape index (κ3) is 3.97. The van der Waals surface area contributed by atoms with Crippen LogP contribution < -0.4 is 21.1 Å². The molecule has 0 bridgehead atoms. The molecule has 3 fully saturated rings. The van der Waals surface area contributed by atoms with E-state index in [1.807, 2.05) is 18.2 Å². The number of piperidine rings is 2. The van der Waals surface area contributed by atoms with Gasteiger partial charge >= 0.3 is 0 Å². The van der Waals surface area contributed by atoms with Crippen molar-refractivity contribution >= 4 is 34.5 Å². The number of nitrogens with two attached hydrogens (primary N) is 1. The number of aromatic amines is 1. The van der Waals surface area contributed by atoms with Crippen LogP contribution in [0, 0.1) is 17.8 Å². The number of hydrogen-bond acceptors (Lipinski definition) is 5. The Hall–Kier alpha value is -3.56. The van der Waals surface area contributed by atoms with Gasteiger partial charge in [-0.05, 0) is 55.7 Å². The molecule has 10 nitrogen and oxygen atoms in total. The van der Waals surface area contributed by atoms with Gasteiger partial charge in [0.25, 0.3) is 5.91 Å². The summed E-state index contributed by atoms with van der Waals surface area (Å²) in [5, 5.41) is 6.33. The van der Waals surface area contributed by atoms with Crippen LogP contribution in [0.5, 0.6) is 5.75 Å². The van der Waals surface area contributed by atoms with Crippen molar-refractivity contribution in [3.05, 3.63) is 30.0 Å². The van der Waals surface area contributed by atoms with Crippen LogP contribution >= 0.6 is 0 Å². The van der Waals surface area contributed by atoms with Crippen LogP contribution in [0.2, 0.25) is 0 Å². The van der Waals surface area contributed by atoms with Crippen LogP contribution in [0.15, 0.2) is 24.3 Å². The molecule has 0 spiro atoms. The van der Waals surface area contributed by atoms with E-state index in [9.17, 15) is 19.2 Å². The number of H-pyrrole nitrogens is 1. The molecule has 1 saturated carbocycles. The first-order valence-corrected chi connectivity index (χ1v) is 11.7. The first kappa shape index (κ1) is 22.2. The number of primary amides is 1. The fourth-order valence-corrected chi connectivity index (χ4v) is 5.43. The molecule has 180 valence electrons. The van der Waals surface area contributed by atoms with E-state index in [-0.39, 0.29) is 36.0 Å². The second-order valence-electron chi connectivity index (χ2n) is 9.50. The lowest BCUT2D eigenvalue weighted by molar-refractivity contribution is -0.132. The molecular weight excluding hydrogens is 438 g/mol. The number of nitrogens with one attached hydrogen (secondary N) is 3. The topological polar surface area (TPSA) is 147 Å². The van der Waals surface area contributed by atoms with Crippen LogP contribution in [0.4, 0.5) is 0 Å². The van der Waals surface area contributed by atoms with Crippen molar-refractivity contribution < 1.29 is 23.9 Å². The normalized spacial score (nSPS) is 26.5. The Balaban J connectivity index is 1.33. The molecule has 4 amide bonds. The zero-order valence-electron chi connectivity index (χ0n) is 19.0. The second-order valence-corrected chi connectivity index (χ2v) is 9.50. The molecule has 1 aliphatic carbocycles. The first-order chi connectivity index (χ1) is 16.4. The third-order valence-electron chi connectivity index (χ3n) is 7.33. The molecule has 5 N–H and O–H groups in total. The monoisotopic (exact) mass is 467 g/mol. The molecule has 5 rings (SSSR count). The van der Waals surface area contributed by atoms with Gasteiger partial charge in [0.05, 0.1) is 7.11 Å². The highest BCUT2D eigenvalue weighted by molar-refractivity contribution is 6.02. The third-order valence-corrected chi connectivity index (χ3v) is 7.33. The summed E-state index contributed by atoms with van der Waals surface area (Å²) in [4.78, 5) is 55.6. The number of rotatable bonds is 7. The second kappa shape index (κ2) is 8.66. The van der Waals surface area contributed by atoms with Crippen LogP contribution in [0.3, 0.4) is 0 Å². The van der Waals surface area contributed by atoms with E-state index in [1.165, 1.54) is 0 Å². The summed E-state index contributed by atoms with van der Waals surface area (Å²) in [6.07, 6.45) is 2.49. The molecule has 2 unspecified atom stereocenters. The number of hydrogen-bond donors (Lipinski definition) is 4. The molecule has 2 saturated heterocycles. The van der Waals surface area contributed by atoms with Gasteiger partial charge in [0.1, 0.15) is 23.5 Å². The van der Waals surface area contributed by atoms with Crippen LogP contribution in [0.25, 0.3) is 10.9 Å². The van der Waals surface area contributed by atoms with E-state index >= 15 is 0 Å². The maximum atomic E-state index is 13.4. The van der Waals surface area contributed by atoms with Crippen molar-refractivity contribution in [3.63, 3.8) is 0 Å². The quantitative estimate of drug-likeness (QED) is 0.469. The summed E-state index contributed by atoms with van der Waals surface area (Å²) in [6, 6.07) is 5.62. The molecule has 1 aromatic carbocycles. The number of amides is 4. The van der Waals surface area contributed by atoms with Crippen LogP contribution in [-0.4, -0.2) is 65.8 Å². The number of nitrogens with zero attached hydrogens (tertiary/aromatic N) is 1. The lowest BCUT2D eigenvalue weighted by Crippen LogP contribution is -2.54. The number of aromatic nitrogens is 1. The van der Waals surface area contributed by atoms with Gasteiger partial charge in [0.15, 0.2) is 0 Å². The van der Waals surface area contributed by atoms with Gasteiger partial charge < -0.3 is 31.0 Å². The molecule has 2 aliphatic heterocycles. The van der Waals surface area contributed by atoms with Gasteiger partial charge in [-0.2, -0.15) is 0 Å². The number of methoxy groups -OCH3 is 1. The maximum Gasteiger partial charge on any atom is 0.271 e. The van der Waals surface area contributed by atoms with Crippen molar-refractivity contribution in [2.24, 2.45) is 23.5 Å². The highest BCUT2D eigenvalue weighted by Crippen LogP contribution is 2.50. The van der Waals surface area contributed by atoms with Crippen molar-refractivity contribution in [2.75, 3.05) is 20.2 Å². The summed E-state index contributed by atoms with van der Waals surface area (Å²) in [5.41, 5.74) is 6.71. The number of ether oxygens (including phenoxy) is 1. The Bertz CT molecular complexity index is 1160. The Morgan fingerprint density at radius 1 is 1.32 bits per heavy atom. The van der Waals surface area contributed by atoms with Gasteiger partial charge in [0, 0.05) is 29.9 Å². The average molecular weight is 468 g/mol. The van der Waals surface area contributed by atoms with E-state index in [4.69, 9.17) is 10.5 Å². The highest BCUT2D eigenvalue weighted by Gasteiger charge is 2.57. The summed E-state index contributed by atoms with van der Waals surface area (Å²) in [7, 11) is 1.57. The fourth-order valence-electron chi connectivity index (χ4n) is 5.43. The highest BCUT2D eigenvalue weighted by atomic mass is 16.5. The SMILES string of the molecule is COc1cccc2[nH]c(C(=O)N3C[C@@H]4C[C@@H]4[C@H]3C(=O)NC(CC3CCCNC3=O)C(N)=O)cc12. The van der Waals surface area contributed by atoms with Gasteiger partial charge in [-0.3, -0.25) is 19.2 Å². The molecule has 0 radical (unpaired) electrons. The van der Waals surface area contributed by atoms with E-state index in [1.54, 1.807) is 18.1 Å². The molecule has 10 heteroatoms. The van der Waals surface area contributed by atoms with Crippen molar-refractivity contribution in [3.8, 4) is 5.75 Å². The van der Waals surface area contributed by atoms with Gasteiger partial charge in [-0.1, -0.05) is 6.07 Å². The van der Waals surface area contributed by atoms with Gasteiger partial charge in [0.2, 0.25) is 17.7 Å². The van der Waals surface area contributed by atoms with Crippen molar-refractivity contribution in [2.45, 2.75) is 37.8 Å². The van der Waals surface area contributed by atoms with E-state index in [0.717, 1.165) is 23.7 Å². The lowest BCUT2D eigenvalue weighted by atomic mass is 9.91. The average Bonchev–Trinajstić information content (AvgIpc) is 3.27. The molecule has 1 aromatic heterocycles. The number of carbonyl (C=O) groups is 4.